The minimum Gasteiger partial charge on any atom is -0.486 e. The van der Waals surface area contributed by atoms with Gasteiger partial charge in [0, 0.05) is 31.0 Å². The number of aryl methyl sites for hydroxylation is 1. The summed E-state index contributed by atoms with van der Waals surface area (Å²) in [6.45, 7) is 4.25. The van der Waals surface area contributed by atoms with Crippen LogP contribution in [0.1, 0.15) is 12.7 Å². The largest absolute Gasteiger partial charge is 0.486 e. The van der Waals surface area contributed by atoms with Gasteiger partial charge in [-0.2, -0.15) is 0 Å². The van der Waals surface area contributed by atoms with Crippen LogP contribution < -0.4 is 15.4 Å². The maximum atomic E-state index is 12.2. The Bertz CT molecular complexity index is 661. The van der Waals surface area contributed by atoms with Crippen molar-refractivity contribution in [1.29, 1.82) is 0 Å². The number of imidazole rings is 1. The van der Waals surface area contributed by atoms with Crippen LogP contribution in [0.5, 0.6) is 5.75 Å². The third-order valence-electron chi connectivity index (χ3n) is 4.34. The molecule has 1 fully saturated rings. The second kappa shape index (κ2) is 6.83. The Kier molecular flexibility index (Phi) is 4.62. The molecule has 1 aliphatic rings. The first-order valence-corrected chi connectivity index (χ1v) is 7.84. The van der Waals surface area contributed by atoms with E-state index in [-0.39, 0.29) is 11.8 Å². The van der Waals surface area contributed by atoms with E-state index in [2.05, 4.69) is 15.6 Å². The van der Waals surface area contributed by atoms with Crippen molar-refractivity contribution in [2.45, 2.75) is 13.5 Å². The normalized spacial score (nSPS) is 15.7. The van der Waals surface area contributed by atoms with E-state index < -0.39 is 0 Å². The fraction of sp³-hybridized carbons (Fsp3) is 0.412. The van der Waals surface area contributed by atoms with Gasteiger partial charge in [-0.3, -0.25) is 4.79 Å². The monoisotopic (exact) mass is 314 g/mol. The van der Waals surface area contributed by atoms with Crippen molar-refractivity contribution in [3.8, 4) is 5.75 Å². The smallest absolute Gasteiger partial charge is 0.227 e. The van der Waals surface area contributed by atoms with E-state index >= 15 is 0 Å². The fourth-order valence-electron chi connectivity index (χ4n) is 2.45. The second-order valence-electron chi connectivity index (χ2n) is 5.96. The molecular formula is C17H22N4O2. The molecule has 1 aromatic heterocycles. The summed E-state index contributed by atoms with van der Waals surface area (Å²) in [6.07, 6.45) is 3.63. The number of hydrogen-bond acceptors (Lipinski definition) is 4. The van der Waals surface area contributed by atoms with Crippen LogP contribution >= 0.6 is 0 Å². The third-order valence-corrected chi connectivity index (χ3v) is 4.34. The van der Waals surface area contributed by atoms with Crippen LogP contribution in [-0.2, 0) is 18.4 Å². The molecule has 1 amide bonds. The number of anilines is 1. The molecular weight excluding hydrogens is 292 g/mol. The number of amides is 1. The quantitative estimate of drug-likeness (QED) is 0.853. The number of carbonyl (C=O) groups is 1. The maximum Gasteiger partial charge on any atom is 0.227 e. The summed E-state index contributed by atoms with van der Waals surface area (Å²) in [4.78, 5) is 16.4. The van der Waals surface area contributed by atoms with E-state index in [1.165, 1.54) is 0 Å². The molecule has 2 aromatic rings. The van der Waals surface area contributed by atoms with Crippen LogP contribution in [0.4, 0.5) is 5.69 Å². The molecule has 0 spiro atoms. The molecule has 2 N–H and O–H groups in total. The molecule has 122 valence electrons. The summed E-state index contributed by atoms with van der Waals surface area (Å²) in [5.41, 5.74) is 0.790. The van der Waals surface area contributed by atoms with Crippen molar-refractivity contribution in [3.63, 3.8) is 0 Å². The summed E-state index contributed by atoms with van der Waals surface area (Å²) in [7, 11) is 1.93. The number of rotatable bonds is 6. The fourth-order valence-corrected chi connectivity index (χ4v) is 2.45. The highest BCUT2D eigenvalue weighted by Gasteiger charge is 2.28. The summed E-state index contributed by atoms with van der Waals surface area (Å²) >= 11 is 0. The molecule has 1 atom stereocenters. The highest BCUT2D eigenvalue weighted by atomic mass is 16.5. The molecule has 0 radical (unpaired) electrons. The lowest BCUT2D eigenvalue weighted by atomic mass is 9.88. The number of nitrogens with one attached hydrogen (secondary N) is 2. The Morgan fingerprint density at radius 1 is 1.43 bits per heavy atom. The van der Waals surface area contributed by atoms with Crippen molar-refractivity contribution in [1.82, 2.24) is 14.9 Å². The molecule has 1 aromatic carbocycles. The van der Waals surface area contributed by atoms with Crippen molar-refractivity contribution < 1.29 is 9.53 Å². The van der Waals surface area contributed by atoms with Gasteiger partial charge >= 0.3 is 0 Å². The van der Waals surface area contributed by atoms with Gasteiger partial charge in [0.25, 0.3) is 0 Å². The highest BCUT2D eigenvalue weighted by Crippen LogP contribution is 2.20. The van der Waals surface area contributed by atoms with E-state index in [0.717, 1.165) is 30.4 Å². The minimum absolute atomic E-state index is 0.0237. The predicted molar refractivity (Wildman–Crippen MR) is 88.1 cm³/mol. The van der Waals surface area contributed by atoms with Gasteiger partial charge < -0.3 is 19.9 Å². The van der Waals surface area contributed by atoms with Crippen molar-refractivity contribution >= 4 is 11.6 Å². The van der Waals surface area contributed by atoms with Crippen LogP contribution in [0.25, 0.3) is 0 Å². The lowest BCUT2D eigenvalue weighted by Gasteiger charge is -2.31. The van der Waals surface area contributed by atoms with Crippen LogP contribution in [0.15, 0.2) is 36.7 Å². The molecule has 6 nitrogen and oxygen atoms in total. The van der Waals surface area contributed by atoms with Crippen LogP contribution in [0.3, 0.4) is 0 Å². The van der Waals surface area contributed by atoms with Crippen LogP contribution in [0, 0.1) is 11.8 Å². The molecule has 1 aliphatic heterocycles. The maximum absolute atomic E-state index is 12.2. The standard InChI is InChI=1S/C17H22N4O2/c1-12(13-9-18-10-13)17(22)20-14-3-5-15(6-4-14)23-11-16-19-7-8-21(16)2/h3-8,12-13,18H,9-11H2,1-2H3,(H,20,22). The Labute approximate surface area is 135 Å². The van der Waals surface area contributed by atoms with E-state index in [4.69, 9.17) is 4.74 Å². The summed E-state index contributed by atoms with van der Waals surface area (Å²) in [6, 6.07) is 7.43. The van der Waals surface area contributed by atoms with Gasteiger partial charge in [0.2, 0.25) is 5.91 Å². The number of hydrogen-bond donors (Lipinski definition) is 2. The first kappa shape index (κ1) is 15.6. The van der Waals surface area contributed by atoms with Gasteiger partial charge in [0.15, 0.2) is 0 Å². The predicted octanol–water partition coefficient (Wildman–Crippen LogP) is 1.79. The zero-order chi connectivity index (χ0) is 16.2. The Hall–Kier alpha value is -2.34. The SMILES string of the molecule is CC(C(=O)Nc1ccc(OCc2nccn2C)cc1)C1CNC1. The van der Waals surface area contributed by atoms with Gasteiger partial charge in [-0.05, 0) is 43.3 Å². The Balaban J connectivity index is 1.52. The number of nitrogens with zero attached hydrogens (tertiary/aromatic N) is 2. The summed E-state index contributed by atoms with van der Waals surface area (Å²) in [5, 5.41) is 6.15. The van der Waals surface area contributed by atoms with Gasteiger partial charge in [-0.15, -0.1) is 0 Å². The van der Waals surface area contributed by atoms with Gasteiger partial charge in [-0.25, -0.2) is 4.98 Å². The van der Waals surface area contributed by atoms with E-state index in [1.54, 1.807) is 6.20 Å². The molecule has 0 bridgehead atoms. The Morgan fingerprint density at radius 3 is 2.74 bits per heavy atom. The molecule has 2 heterocycles. The van der Waals surface area contributed by atoms with E-state index in [0.29, 0.717) is 12.5 Å². The average molecular weight is 314 g/mol. The molecule has 3 rings (SSSR count). The molecule has 23 heavy (non-hydrogen) atoms. The van der Waals surface area contributed by atoms with Gasteiger partial charge in [-0.1, -0.05) is 6.92 Å². The zero-order valence-electron chi connectivity index (χ0n) is 13.5. The lowest BCUT2D eigenvalue weighted by molar-refractivity contribution is -0.121. The molecule has 0 saturated carbocycles. The summed E-state index contributed by atoms with van der Waals surface area (Å²) in [5.74, 6) is 2.15. The third kappa shape index (κ3) is 3.71. The van der Waals surface area contributed by atoms with Gasteiger partial charge in [0.1, 0.15) is 18.2 Å². The minimum atomic E-state index is 0.0237. The van der Waals surface area contributed by atoms with E-state index in [1.807, 2.05) is 49.0 Å². The van der Waals surface area contributed by atoms with Gasteiger partial charge in [0.05, 0.1) is 0 Å². The number of carbonyl (C=O) groups excluding carboxylic acids is 1. The average Bonchev–Trinajstić information content (AvgIpc) is 2.90. The topological polar surface area (TPSA) is 68.2 Å². The van der Waals surface area contributed by atoms with Crippen molar-refractivity contribution in [3.05, 3.63) is 42.5 Å². The number of ether oxygens (including phenoxy) is 1. The number of aromatic nitrogens is 2. The van der Waals surface area contributed by atoms with E-state index in [9.17, 15) is 4.79 Å². The summed E-state index contributed by atoms with van der Waals surface area (Å²) < 4.78 is 7.62. The highest BCUT2D eigenvalue weighted by molar-refractivity contribution is 5.92. The Morgan fingerprint density at radius 2 is 2.17 bits per heavy atom. The zero-order valence-corrected chi connectivity index (χ0v) is 13.5. The van der Waals surface area contributed by atoms with Crippen molar-refractivity contribution in [2.24, 2.45) is 18.9 Å². The lowest BCUT2D eigenvalue weighted by Crippen LogP contribution is -2.48. The molecule has 1 unspecified atom stereocenters. The first-order valence-electron chi connectivity index (χ1n) is 7.84. The van der Waals surface area contributed by atoms with Crippen LogP contribution in [0.2, 0.25) is 0 Å². The molecule has 6 heteroatoms. The van der Waals surface area contributed by atoms with Crippen molar-refractivity contribution in [2.75, 3.05) is 18.4 Å². The van der Waals surface area contributed by atoms with Crippen LogP contribution in [-0.4, -0.2) is 28.5 Å². The number of benzene rings is 1. The molecule has 1 saturated heterocycles. The molecule has 0 aliphatic carbocycles. The first-order chi connectivity index (χ1) is 11.1. The second-order valence-corrected chi connectivity index (χ2v) is 5.96.